The number of rotatable bonds is 6. The summed E-state index contributed by atoms with van der Waals surface area (Å²) in [5.41, 5.74) is 1.21. The van der Waals surface area contributed by atoms with E-state index in [9.17, 15) is 12.8 Å². The van der Waals surface area contributed by atoms with Gasteiger partial charge in [0.1, 0.15) is 11.6 Å². The predicted octanol–water partition coefficient (Wildman–Crippen LogP) is 3.73. The Hall–Kier alpha value is -1.88. The second-order valence-electron chi connectivity index (χ2n) is 5.43. The molecule has 0 bridgehead atoms. The average Bonchev–Trinajstić information content (AvgIpc) is 2.42. The zero-order chi connectivity index (χ0) is 16.2. The zero-order valence-electron chi connectivity index (χ0n) is 12.6. The molecule has 0 atom stereocenters. The van der Waals surface area contributed by atoms with Crippen LogP contribution in [0.4, 0.5) is 4.39 Å². The Kier molecular flexibility index (Phi) is 5.19. The highest BCUT2D eigenvalue weighted by Crippen LogP contribution is 2.23. The largest absolute Gasteiger partial charge is 0.491 e. The number of hydrogen-bond acceptors (Lipinski definition) is 3. The van der Waals surface area contributed by atoms with Crippen LogP contribution in [0.1, 0.15) is 25.0 Å². The van der Waals surface area contributed by atoms with E-state index in [1.807, 2.05) is 19.9 Å². The number of halogens is 1. The Morgan fingerprint density at radius 2 is 1.64 bits per heavy atom. The van der Waals surface area contributed by atoms with Crippen molar-refractivity contribution in [2.45, 2.75) is 31.5 Å². The molecule has 0 saturated heterocycles. The molecular weight excluding hydrogens is 303 g/mol. The van der Waals surface area contributed by atoms with Crippen molar-refractivity contribution in [2.24, 2.45) is 0 Å². The highest BCUT2D eigenvalue weighted by molar-refractivity contribution is 7.89. The zero-order valence-corrected chi connectivity index (χ0v) is 13.4. The quantitative estimate of drug-likeness (QED) is 0.814. The minimum Gasteiger partial charge on any atom is -0.491 e. The van der Waals surface area contributed by atoms with E-state index in [0.717, 1.165) is 0 Å². The van der Waals surface area contributed by atoms with Crippen LogP contribution in [0.2, 0.25) is 0 Å². The molecule has 0 radical (unpaired) electrons. The van der Waals surface area contributed by atoms with Gasteiger partial charge in [0.2, 0.25) is 0 Å². The molecular formula is C17H19FO3S. The van der Waals surface area contributed by atoms with E-state index in [1.54, 1.807) is 18.2 Å². The summed E-state index contributed by atoms with van der Waals surface area (Å²) < 4.78 is 43.2. The van der Waals surface area contributed by atoms with Crippen molar-refractivity contribution >= 4 is 9.84 Å². The lowest BCUT2D eigenvalue weighted by Gasteiger charge is -2.14. The first-order valence-corrected chi connectivity index (χ1v) is 8.87. The summed E-state index contributed by atoms with van der Waals surface area (Å²) in [6.07, 6.45) is -0.0269. The minimum atomic E-state index is -3.36. The Labute approximate surface area is 130 Å². The summed E-state index contributed by atoms with van der Waals surface area (Å²) in [7, 11) is -3.36. The fraction of sp³-hybridized carbons (Fsp3) is 0.294. The number of hydrogen-bond donors (Lipinski definition) is 0. The molecule has 0 N–H and O–H groups in total. The monoisotopic (exact) mass is 322 g/mol. The molecule has 0 spiro atoms. The molecule has 22 heavy (non-hydrogen) atoms. The van der Waals surface area contributed by atoms with Crippen molar-refractivity contribution < 1.29 is 17.5 Å². The van der Waals surface area contributed by atoms with Gasteiger partial charge in [-0.15, -0.1) is 0 Å². The van der Waals surface area contributed by atoms with E-state index in [1.165, 1.54) is 24.3 Å². The maximum absolute atomic E-state index is 12.9. The molecule has 0 aliphatic rings. The van der Waals surface area contributed by atoms with E-state index in [4.69, 9.17) is 4.74 Å². The molecule has 0 unspecified atom stereocenters. The number of para-hydroxylation sites is 1. The van der Waals surface area contributed by atoms with Gasteiger partial charge in [-0.05, 0) is 37.6 Å². The second kappa shape index (κ2) is 6.92. The Morgan fingerprint density at radius 3 is 2.27 bits per heavy atom. The Bertz CT molecular complexity index is 722. The van der Waals surface area contributed by atoms with Gasteiger partial charge in [0, 0.05) is 5.56 Å². The Balaban J connectivity index is 2.16. The van der Waals surface area contributed by atoms with Crippen molar-refractivity contribution in [1.29, 1.82) is 0 Å². The summed E-state index contributed by atoms with van der Waals surface area (Å²) in [6.45, 7) is 3.79. The maximum Gasteiger partial charge on any atom is 0.158 e. The lowest BCUT2D eigenvalue weighted by atomic mass is 10.2. The average molecular weight is 322 g/mol. The van der Waals surface area contributed by atoms with Gasteiger partial charge in [-0.3, -0.25) is 0 Å². The van der Waals surface area contributed by atoms with E-state index < -0.39 is 9.84 Å². The highest BCUT2D eigenvalue weighted by atomic mass is 32.2. The molecule has 5 heteroatoms. The lowest BCUT2D eigenvalue weighted by molar-refractivity contribution is 0.240. The SMILES string of the molecule is CC(C)Oc1ccccc1CS(=O)(=O)Cc1ccc(F)cc1. The van der Waals surface area contributed by atoms with Crippen LogP contribution in [0.25, 0.3) is 0 Å². The van der Waals surface area contributed by atoms with Crippen molar-refractivity contribution in [2.75, 3.05) is 0 Å². The molecule has 0 aromatic heterocycles. The van der Waals surface area contributed by atoms with Crippen LogP contribution >= 0.6 is 0 Å². The Morgan fingerprint density at radius 1 is 1.00 bits per heavy atom. The van der Waals surface area contributed by atoms with Crippen LogP contribution in [0.5, 0.6) is 5.75 Å². The van der Waals surface area contributed by atoms with Gasteiger partial charge in [0.25, 0.3) is 0 Å². The fourth-order valence-corrected chi connectivity index (χ4v) is 3.63. The standard InChI is InChI=1S/C17H19FO3S/c1-13(2)21-17-6-4-3-5-15(17)12-22(19,20)11-14-7-9-16(18)10-8-14/h3-10,13H,11-12H2,1-2H3. The van der Waals surface area contributed by atoms with Gasteiger partial charge in [0.15, 0.2) is 9.84 Å². The lowest BCUT2D eigenvalue weighted by Crippen LogP contribution is -2.11. The molecule has 2 aromatic carbocycles. The minimum absolute atomic E-state index is 0.0269. The molecule has 0 amide bonds. The molecule has 2 aromatic rings. The third kappa shape index (κ3) is 4.84. The highest BCUT2D eigenvalue weighted by Gasteiger charge is 2.16. The van der Waals surface area contributed by atoms with Gasteiger partial charge >= 0.3 is 0 Å². The van der Waals surface area contributed by atoms with Gasteiger partial charge in [-0.25, -0.2) is 12.8 Å². The van der Waals surface area contributed by atoms with Crippen molar-refractivity contribution in [3.05, 3.63) is 65.5 Å². The summed E-state index contributed by atoms with van der Waals surface area (Å²) >= 11 is 0. The molecule has 0 aliphatic carbocycles. The number of sulfone groups is 1. The third-order valence-corrected chi connectivity index (χ3v) is 4.53. The van der Waals surface area contributed by atoms with E-state index in [-0.39, 0.29) is 23.4 Å². The van der Waals surface area contributed by atoms with E-state index in [0.29, 0.717) is 16.9 Å². The summed E-state index contributed by atoms with van der Waals surface area (Å²) in [6, 6.07) is 12.6. The van der Waals surface area contributed by atoms with Crippen molar-refractivity contribution in [1.82, 2.24) is 0 Å². The topological polar surface area (TPSA) is 43.4 Å². The first kappa shape index (κ1) is 16.5. The molecule has 118 valence electrons. The molecule has 0 heterocycles. The summed E-state index contributed by atoms with van der Waals surface area (Å²) in [5.74, 6) is -0.0201. The fourth-order valence-electron chi connectivity index (χ4n) is 2.11. The molecule has 0 fully saturated rings. The predicted molar refractivity (Wildman–Crippen MR) is 84.9 cm³/mol. The molecule has 2 rings (SSSR count). The normalized spacial score (nSPS) is 11.6. The van der Waals surface area contributed by atoms with Gasteiger partial charge in [-0.1, -0.05) is 30.3 Å². The smallest absolute Gasteiger partial charge is 0.158 e. The molecule has 3 nitrogen and oxygen atoms in total. The van der Waals surface area contributed by atoms with Crippen LogP contribution in [0, 0.1) is 5.82 Å². The van der Waals surface area contributed by atoms with Crippen LogP contribution in [-0.2, 0) is 21.3 Å². The number of benzene rings is 2. The van der Waals surface area contributed by atoms with E-state index >= 15 is 0 Å². The van der Waals surface area contributed by atoms with Gasteiger partial charge in [-0.2, -0.15) is 0 Å². The molecule has 0 aliphatic heterocycles. The van der Waals surface area contributed by atoms with Crippen LogP contribution in [0.3, 0.4) is 0 Å². The van der Waals surface area contributed by atoms with Gasteiger partial charge in [0.05, 0.1) is 17.6 Å². The molecule has 0 saturated carbocycles. The summed E-state index contributed by atoms with van der Waals surface area (Å²) in [4.78, 5) is 0. The van der Waals surface area contributed by atoms with Crippen LogP contribution < -0.4 is 4.74 Å². The van der Waals surface area contributed by atoms with Crippen LogP contribution in [-0.4, -0.2) is 14.5 Å². The van der Waals surface area contributed by atoms with Crippen molar-refractivity contribution in [3.63, 3.8) is 0 Å². The maximum atomic E-state index is 12.9. The third-order valence-electron chi connectivity index (χ3n) is 3.01. The first-order chi connectivity index (χ1) is 10.4. The van der Waals surface area contributed by atoms with Gasteiger partial charge < -0.3 is 4.74 Å². The number of ether oxygens (including phenoxy) is 1. The summed E-state index contributed by atoms with van der Waals surface area (Å²) in [5, 5.41) is 0. The first-order valence-electron chi connectivity index (χ1n) is 7.05. The van der Waals surface area contributed by atoms with Crippen molar-refractivity contribution in [3.8, 4) is 5.75 Å². The van der Waals surface area contributed by atoms with E-state index in [2.05, 4.69) is 0 Å². The van der Waals surface area contributed by atoms with Crippen LogP contribution in [0.15, 0.2) is 48.5 Å². The second-order valence-corrected chi connectivity index (χ2v) is 7.50.